The molecule has 23 heavy (non-hydrogen) atoms. The first-order chi connectivity index (χ1) is 11.2. The summed E-state index contributed by atoms with van der Waals surface area (Å²) in [4.78, 5) is 23.7. The normalized spacial score (nSPS) is 10.8. The number of furan rings is 1. The minimum atomic E-state index is -0.428. The number of nitrogens with one attached hydrogen (secondary N) is 1. The van der Waals surface area contributed by atoms with Crippen LogP contribution in [0.1, 0.15) is 35.0 Å². The number of benzene rings is 1. The van der Waals surface area contributed by atoms with E-state index in [9.17, 15) is 9.59 Å². The summed E-state index contributed by atoms with van der Waals surface area (Å²) in [6, 6.07) is 10.4. The molecule has 0 atom stereocenters. The van der Waals surface area contributed by atoms with Crippen LogP contribution in [-0.2, 0) is 13.0 Å². The molecule has 2 aromatic heterocycles. The van der Waals surface area contributed by atoms with Gasteiger partial charge in [-0.3, -0.25) is 4.79 Å². The number of carbonyl (C=O) groups is 1. The van der Waals surface area contributed by atoms with Gasteiger partial charge in [0.05, 0.1) is 6.26 Å². The summed E-state index contributed by atoms with van der Waals surface area (Å²) >= 11 is 0. The molecule has 0 saturated carbocycles. The summed E-state index contributed by atoms with van der Waals surface area (Å²) in [5.74, 6) is -0.0787. The molecular weight excluding hydrogens is 294 g/mol. The first-order valence-corrected chi connectivity index (χ1v) is 7.54. The molecule has 0 aliphatic carbocycles. The minimum Gasteiger partial charge on any atom is -0.459 e. The molecule has 0 aliphatic heterocycles. The predicted octanol–water partition coefficient (Wildman–Crippen LogP) is 3.27. The fourth-order valence-corrected chi connectivity index (χ4v) is 2.54. The Morgan fingerprint density at radius 3 is 2.83 bits per heavy atom. The van der Waals surface area contributed by atoms with Crippen LogP contribution in [0, 0.1) is 0 Å². The van der Waals surface area contributed by atoms with E-state index in [1.807, 2.05) is 12.1 Å². The second kappa shape index (κ2) is 6.52. The molecule has 5 heteroatoms. The predicted molar refractivity (Wildman–Crippen MR) is 86.4 cm³/mol. The minimum absolute atomic E-state index is 0.233. The van der Waals surface area contributed by atoms with Crippen molar-refractivity contribution in [2.24, 2.45) is 0 Å². The Kier molecular flexibility index (Phi) is 4.28. The van der Waals surface area contributed by atoms with Crippen molar-refractivity contribution in [2.45, 2.75) is 26.3 Å². The zero-order chi connectivity index (χ0) is 16.2. The Balaban J connectivity index is 1.90. The second-order valence-corrected chi connectivity index (χ2v) is 5.33. The Morgan fingerprint density at radius 2 is 2.09 bits per heavy atom. The molecule has 1 N–H and O–H groups in total. The Morgan fingerprint density at radius 1 is 1.22 bits per heavy atom. The van der Waals surface area contributed by atoms with E-state index in [4.69, 9.17) is 8.83 Å². The standard InChI is InChI=1S/C18H17NO4/c1-2-4-12-6-7-15-14(9-12)13(10-17(20)23-15)11-19-18(21)16-5-3-8-22-16/h3,5-10H,2,4,11H2,1H3,(H,19,21). The maximum atomic E-state index is 12.0. The van der Waals surface area contributed by atoms with Crippen molar-refractivity contribution in [1.82, 2.24) is 5.32 Å². The van der Waals surface area contributed by atoms with Crippen molar-refractivity contribution < 1.29 is 13.6 Å². The fraction of sp³-hybridized carbons (Fsp3) is 0.222. The zero-order valence-electron chi connectivity index (χ0n) is 12.8. The van der Waals surface area contributed by atoms with Crippen LogP contribution in [0.4, 0.5) is 0 Å². The smallest absolute Gasteiger partial charge is 0.336 e. The lowest BCUT2D eigenvalue weighted by Crippen LogP contribution is -2.23. The van der Waals surface area contributed by atoms with E-state index in [-0.39, 0.29) is 18.2 Å². The molecule has 118 valence electrons. The van der Waals surface area contributed by atoms with Crippen molar-refractivity contribution in [3.8, 4) is 0 Å². The second-order valence-electron chi connectivity index (χ2n) is 5.33. The van der Waals surface area contributed by atoms with Crippen LogP contribution in [0.15, 0.2) is 56.3 Å². The largest absolute Gasteiger partial charge is 0.459 e. The molecule has 0 unspecified atom stereocenters. The molecule has 0 spiro atoms. The lowest BCUT2D eigenvalue weighted by atomic mass is 10.0. The summed E-state index contributed by atoms with van der Waals surface area (Å²) < 4.78 is 10.3. The van der Waals surface area contributed by atoms with Gasteiger partial charge in [-0.25, -0.2) is 4.79 Å². The Labute approximate surface area is 132 Å². The molecule has 5 nitrogen and oxygen atoms in total. The molecule has 0 fully saturated rings. The van der Waals surface area contributed by atoms with Gasteiger partial charge in [-0.1, -0.05) is 19.4 Å². The molecule has 1 amide bonds. The molecule has 3 rings (SSSR count). The van der Waals surface area contributed by atoms with Crippen LogP contribution >= 0.6 is 0 Å². The average molecular weight is 311 g/mol. The van der Waals surface area contributed by atoms with Gasteiger partial charge >= 0.3 is 5.63 Å². The van der Waals surface area contributed by atoms with Crippen LogP contribution in [0.3, 0.4) is 0 Å². The first kappa shape index (κ1) is 15.1. The number of hydrogen-bond donors (Lipinski definition) is 1. The summed E-state index contributed by atoms with van der Waals surface area (Å²) in [6.07, 6.45) is 3.43. The number of aryl methyl sites for hydroxylation is 1. The first-order valence-electron chi connectivity index (χ1n) is 7.54. The molecule has 3 aromatic rings. The van der Waals surface area contributed by atoms with E-state index in [0.29, 0.717) is 5.58 Å². The fourth-order valence-electron chi connectivity index (χ4n) is 2.54. The van der Waals surface area contributed by atoms with Crippen molar-refractivity contribution in [3.05, 3.63) is 70.0 Å². The topological polar surface area (TPSA) is 72.5 Å². The summed E-state index contributed by atoms with van der Waals surface area (Å²) in [5, 5.41) is 3.60. The highest BCUT2D eigenvalue weighted by molar-refractivity contribution is 5.91. The summed E-state index contributed by atoms with van der Waals surface area (Å²) in [5.41, 5.74) is 2.00. The molecule has 0 radical (unpaired) electrons. The number of rotatable bonds is 5. The van der Waals surface area contributed by atoms with Gasteiger partial charge in [0.15, 0.2) is 5.76 Å². The number of hydrogen-bond acceptors (Lipinski definition) is 4. The SMILES string of the molecule is CCCc1ccc2oc(=O)cc(CNC(=O)c3ccco3)c2c1. The summed E-state index contributed by atoms with van der Waals surface area (Å²) in [7, 11) is 0. The van der Waals surface area contributed by atoms with E-state index in [1.165, 1.54) is 17.9 Å². The maximum Gasteiger partial charge on any atom is 0.336 e. The maximum absolute atomic E-state index is 12.0. The molecule has 0 saturated heterocycles. The Hall–Kier alpha value is -2.82. The molecule has 2 heterocycles. The molecule has 0 bridgehead atoms. The van der Waals surface area contributed by atoms with Gasteiger partial charge in [-0.05, 0) is 41.8 Å². The van der Waals surface area contributed by atoms with Crippen molar-refractivity contribution >= 4 is 16.9 Å². The van der Waals surface area contributed by atoms with Crippen LogP contribution in [0.5, 0.6) is 0 Å². The van der Waals surface area contributed by atoms with Crippen molar-refractivity contribution in [2.75, 3.05) is 0 Å². The number of amides is 1. The van der Waals surface area contributed by atoms with Gasteiger partial charge in [-0.15, -0.1) is 0 Å². The third-order valence-corrected chi connectivity index (χ3v) is 3.62. The van der Waals surface area contributed by atoms with E-state index in [1.54, 1.807) is 18.2 Å². The van der Waals surface area contributed by atoms with Crippen molar-refractivity contribution in [1.29, 1.82) is 0 Å². The van der Waals surface area contributed by atoms with E-state index in [2.05, 4.69) is 12.2 Å². The Bertz CT molecular complexity index is 878. The molecular formula is C18H17NO4. The van der Waals surface area contributed by atoms with Crippen LogP contribution in [-0.4, -0.2) is 5.91 Å². The van der Waals surface area contributed by atoms with Gasteiger partial charge in [0.1, 0.15) is 5.58 Å². The zero-order valence-corrected chi connectivity index (χ0v) is 12.8. The molecule has 1 aromatic carbocycles. The van der Waals surface area contributed by atoms with Gasteiger partial charge in [0, 0.05) is 18.0 Å². The third-order valence-electron chi connectivity index (χ3n) is 3.62. The van der Waals surface area contributed by atoms with Gasteiger partial charge in [0.2, 0.25) is 0 Å². The van der Waals surface area contributed by atoms with E-state index < -0.39 is 5.63 Å². The number of carbonyl (C=O) groups excluding carboxylic acids is 1. The van der Waals surface area contributed by atoms with Gasteiger partial charge in [-0.2, -0.15) is 0 Å². The van der Waals surface area contributed by atoms with E-state index >= 15 is 0 Å². The highest BCUT2D eigenvalue weighted by Crippen LogP contribution is 2.20. The van der Waals surface area contributed by atoms with Crippen LogP contribution in [0.25, 0.3) is 11.0 Å². The summed E-state index contributed by atoms with van der Waals surface area (Å²) in [6.45, 7) is 2.34. The van der Waals surface area contributed by atoms with Gasteiger partial charge in [0.25, 0.3) is 5.91 Å². The highest BCUT2D eigenvalue weighted by atomic mass is 16.4. The highest BCUT2D eigenvalue weighted by Gasteiger charge is 2.11. The lowest BCUT2D eigenvalue weighted by Gasteiger charge is -2.08. The lowest BCUT2D eigenvalue weighted by molar-refractivity contribution is 0.0923. The number of fused-ring (bicyclic) bond motifs is 1. The monoisotopic (exact) mass is 311 g/mol. The van der Waals surface area contributed by atoms with Gasteiger partial charge < -0.3 is 14.2 Å². The quantitative estimate of drug-likeness (QED) is 0.734. The average Bonchev–Trinajstić information content (AvgIpc) is 3.07. The van der Waals surface area contributed by atoms with E-state index in [0.717, 1.165) is 23.8 Å². The molecule has 0 aliphatic rings. The third kappa shape index (κ3) is 3.34. The van der Waals surface area contributed by atoms with Crippen LogP contribution in [0.2, 0.25) is 0 Å². The van der Waals surface area contributed by atoms with Crippen molar-refractivity contribution in [3.63, 3.8) is 0 Å². The van der Waals surface area contributed by atoms with Crippen LogP contribution < -0.4 is 10.9 Å².